The summed E-state index contributed by atoms with van der Waals surface area (Å²) in [5.41, 5.74) is 1.54. The zero-order chi connectivity index (χ0) is 24.5. The predicted octanol–water partition coefficient (Wildman–Crippen LogP) is 4.35. The molecule has 0 radical (unpaired) electrons. The van der Waals surface area contributed by atoms with E-state index in [-0.39, 0.29) is 17.6 Å². The molecule has 0 saturated carbocycles. The molecule has 182 valence electrons. The first kappa shape index (κ1) is 24.0. The molecule has 1 aliphatic heterocycles. The van der Waals surface area contributed by atoms with Crippen LogP contribution in [0.2, 0.25) is 0 Å². The number of nitrogens with zero attached hydrogens (tertiary/aromatic N) is 2. The zero-order valence-electron chi connectivity index (χ0n) is 19.6. The third-order valence-electron chi connectivity index (χ3n) is 5.53. The summed E-state index contributed by atoms with van der Waals surface area (Å²) in [4.78, 5) is 30.5. The summed E-state index contributed by atoms with van der Waals surface area (Å²) < 4.78 is 11.6. The highest BCUT2D eigenvalue weighted by Gasteiger charge is 2.11. The number of hydrogen-bond acceptors (Lipinski definition) is 6. The van der Waals surface area contributed by atoms with E-state index in [4.69, 9.17) is 9.47 Å². The van der Waals surface area contributed by atoms with E-state index in [1.54, 1.807) is 43.4 Å². The molecule has 0 aliphatic carbocycles. The van der Waals surface area contributed by atoms with Gasteiger partial charge in [0.25, 0.3) is 5.91 Å². The van der Waals surface area contributed by atoms with Gasteiger partial charge in [0.2, 0.25) is 0 Å². The lowest BCUT2D eigenvalue weighted by Gasteiger charge is -2.15. The van der Waals surface area contributed by atoms with Gasteiger partial charge >= 0.3 is 6.03 Å². The number of carbonyl (C=O) groups excluding carboxylic acids is 2. The summed E-state index contributed by atoms with van der Waals surface area (Å²) in [6.45, 7) is 3.90. The molecule has 9 nitrogen and oxygen atoms in total. The van der Waals surface area contributed by atoms with E-state index in [0.717, 1.165) is 25.4 Å². The topological polar surface area (TPSA) is 105 Å². The Morgan fingerprint density at radius 1 is 0.886 bits per heavy atom. The van der Waals surface area contributed by atoms with Gasteiger partial charge in [0.1, 0.15) is 29.5 Å². The van der Waals surface area contributed by atoms with E-state index in [1.165, 1.54) is 19.0 Å². The highest BCUT2D eigenvalue weighted by atomic mass is 16.5. The van der Waals surface area contributed by atoms with Crippen molar-refractivity contribution in [1.29, 1.82) is 0 Å². The first-order chi connectivity index (χ1) is 17.1. The molecule has 1 saturated heterocycles. The number of nitrogens with one attached hydrogen (secondary N) is 3. The minimum atomic E-state index is -0.356. The average Bonchev–Trinajstić information content (AvgIpc) is 3.39. The Bertz CT molecular complexity index is 1130. The zero-order valence-corrected chi connectivity index (χ0v) is 19.6. The van der Waals surface area contributed by atoms with E-state index in [0.29, 0.717) is 29.5 Å². The summed E-state index contributed by atoms with van der Waals surface area (Å²) in [5, 5.41) is 8.12. The van der Waals surface area contributed by atoms with E-state index in [1.807, 2.05) is 24.3 Å². The minimum absolute atomic E-state index is 0.265. The SMILES string of the molecule is CNC(=O)c1cc(Oc2ccc(NC(=O)Nc3ccc(OCCN4CCCC4)cc3)cc2)ccn1. The first-order valence-electron chi connectivity index (χ1n) is 11.6. The van der Waals surface area contributed by atoms with Crippen molar-refractivity contribution in [3.63, 3.8) is 0 Å². The molecule has 0 unspecified atom stereocenters. The molecule has 2 aromatic carbocycles. The summed E-state index contributed by atoms with van der Waals surface area (Å²) >= 11 is 0. The molecule has 1 fully saturated rings. The maximum absolute atomic E-state index is 12.4. The number of anilines is 2. The van der Waals surface area contributed by atoms with Crippen molar-refractivity contribution in [3.05, 3.63) is 72.6 Å². The second kappa shape index (κ2) is 11.8. The number of rotatable bonds is 9. The van der Waals surface area contributed by atoms with Crippen molar-refractivity contribution < 1.29 is 19.1 Å². The summed E-state index contributed by atoms with van der Waals surface area (Å²) in [7, 11) is 1.54. The van der Waals surface area contributed by atoms with Crippen LogP contribution in [-0.2, 0) is 0 Å². The average molecular weight is 476 g/mol. The number of likely N-dealkylation sites (tertiary alicyclic amines) is 1. The summed E-state index contributed by atoms with van der Waals surface area (Å²) in [6.07, 6.45) is 4.05. The lowest BCUT2D eigenvalue weighted by atomic mass is 10.3. The normalized spacial score (nSPS) is 13.2. The van der Waals surface area contributed by atoms with Crippen LogP contribution < -0.4 is 25.4 Å². The van der Waals surface area contributed by atoms with Crippen LogP contribution >= 0.6 is 0 Å². The van der Waals surface area contributed by atoms with E-state index < -0.39 is 0 Å². The second-order valence-electron chi connectivity index (χ2n) is 8.08. The summed E-state index contributed by atoms with van der Waals surface area (Å²) in [5.74, 6) is 1.54. The van der Waals surface area contributed by atoms with Gasteiger partial charge < -0.3 is 25.4 Å². The molecule has 35 heavy (non-hydrogen) atoms. The van der Waals surface area contributed by atoms with Gasteiger partial charge in [-0.15, -0.1) is 0 Å². The number of ether oxygens (including phenoxy) is 2. The molecule has 1 aliphatic rings. The number of pyridine rings is 1. The summed E-state index contributed by atoms with van der Waals surface area (Å²) in [6, 6.07) is 17.1. The lowest BCUT2D eigenvalue weighted by molar-refractivity contribution is 0.0958. The van der Waals surface area contributed by atoms with Crippen LogP contribution in [0.1, 0.15) is 23.3 Å². The Morgan fingerprint density at radius 2 is 1.51 bits per heavy atom. The van der Waals surface area contributed by atoms with E-state index >= 15 is 0 Å². The molecule has 3 aromatic rings. The molecule has 0 bridgehead atoms. The fourth-order valence-corrected chi connectivity index (χ4v) is 3.70. The Balaban J connectivity index is 1.23. The third-order valence-corrected chi connectivity index (χ3v) is 5.53. The van der Waals surface area contributed by atoms with Crippen LogP contribution in [0.5, 0.6) is 17.2 Å². The van der Waals surface area contributed by atoms with Gasteiger partial charge in [-0.3, -0.25) is 14.7 Å². The molecule has 0 spiro atoms. The Kier molecular flexibility index (Phi) is 8.13. The van der Waals surface area contributed by atoms with Crippen molar-refractivity contribution in [3.8, 4) is 17.2 Å². The smallest absolute Gasteiger partial charge is 0.323 e. The van der Waals surface area contributed by atoms with Crippen LogP contribution in [0.3, 0.4) is 0 Å². The van der Waals surface area contributed by atoms with E-state index in [9.17, 15) is 9.59 Å². The molecule has 9 heteroatoms. The number of benzene rings is 2. The van der Waals surface area contributed by atoms with Crippen molar-refractivity contribution in [2.24, 2.45) is 0 Å². The Labute approximate surface area is 204 Å². The maximum atomic E-state index is 12.4. The van der Waals surface area contributed by atoms with Gasteiger partial charge in [0.15, 0.2) is 0 Å². The van der Waals surface area contributed by atoms with Crippen molar-refractivity contribution >= 4 is 23.3 Å². The first-order valence-corrected chi connectivity index (χ1v) is 11.6. The quantitative estimate of drug-likeness (QED) is 0.425. The molecular weight excluding hydrogens is 446 g/mol. The highest BCUT2D eigenvalue weighted by Crippen LogP contribution is 2.23. The molecule has 1 aromatic heterocycles. The second-order valence-corrected chi connectivity index (χ2v) is 8.08. The fraction of sp³-hybridized carbons (Fsp3) is 0.269. The van der Waals surface area contributed by atoms with Crippen LogP contribution in [-0.4, -0.2) is 55.1 Å². The minimum Gasteiger partial charge on any atom is -0.492 e. The lowest BCUT2D eigenvalue weighted by Crippen LogP contribution is -2.25. The highest BCUT2D eigenvalue weighted by molar-refractivity contribution is 5.99. The van der Waals surface area contributed by atoms with Crippen molar-refractivity contribution in [1.82, 2.24) is 15.2 Å². The number of aromatic nitrogens is 1. The molecule has 0 atom stereocenters. The van der Waals surface area contributed by atoms with Gasteiger partial charge in [-0.05, 0) is 80.5 Å². The van der Waals surface area contributed by atoms with Crippen LogP contribution in [0.4, 0.5) is 16.2 Å². The van der Waals surface area contributed by atoms with Crippen LogP contribution in [0, 0.1) is 0 Å². The number of urea groups is 1. The molecule has 3 N–H and O–H groups in total. The number of amides is 3. The Morgan fingerprint density at radius 3 is 2.14 bits per heavy atom. The maximum Gasteiger partial charge on any atom is 0.323 e. The monoisotopic (exact) mass is 475 g/mol. The third kappa shape index (κ3) is 7.18. The van der Waals surface area contributed by atoms with Gasteiger partial charge in [-0.2, -0.15) is 0 Å². The molecule has 2 heterocycles. The van der Waals surface area contributed by atoms with Gasteiger partial charge in [-0.1, -0.05) is 0 Å². The largest absolute Gasteiger partial charge is 0.492 e. The molecule has 3 amide bonds. The molecule has 4 rings (SSSR count). The van der Waals surface area contributed by atoms with Gasteiger partial charge in [0.05, 0.1) is 0 Å². The van der Waals surface area contributed by atoms with E-state index in [2.05, 4.69) is 25.8 Å². The number of carbonyl (C=O) groups is 2. The fourth-order valence-electron chi connectivity index (χ4n) is 3.70. The van der Waals surface area contributed by atoms with Crippen LogP contribution in [0.15, 0.2) is 66.9 Å². The van der Waals surface area contributed by atoms with Crippen LogP contribution in [0.25, 0.3) is 0 Å². The standard InChI is InChI=1S/C26H29N5O4/c1-27-25(32)24-18-23(12-13-28-24)35-22-10-6-20(7-11-22)30-26(33)29-19-4-8-21(9-5-19)34-17-16-31-14-2-3-15-31/h4-13,18H,2-3,14-17H2,1H3,(H,27,32)(H2,29,30,33). The Hall–Kier alpha value is -4.11. The molecular formula is C26H29N5O4. The van der Waals surface area contributed by atoms with Gasteiger partial charge in [-0.25, -0.2) is 4.79 Å². The van der Waals surface area contributed by atoms with Gasteiger partial charge in [0, 0.05) is 37.2 Å². The predicted molar refractivity (Wildman–Crippen MR) is 134 cm³/mol. The number of hydrogen-bond donors (Lipinski definition) is 3. The van der Waals surface area contributed by atoms with Crippen molar-refractivity contribution in [2.75, 3.05) is 43.9 Å². The van der Waals surface area contributed by atoms with Crippen molar-refractivity contribution in [2.45, 2.75) is 12.8 Å².